The van der Waals surface area contributed by atoms with Gasteiger partial charge in [0.2, 0.25) is 5.82 Å². The van der Waals surface area contributed by atoms with Crippen LogP contribution in [0.15, 0.2) is 91.0 Å². The topological polar surface area (TPSA) is 81.5 Å². The van der Waals surface area contributed by atoms with Crippen molar-refractivity contribution in [3.63, 3.8) is 0 Å². The number of aromatic amines is 1. The summed E-state index contributed by atoms with van der Waals surface area (Å²) in [5.74, 6) is 2.55. The van der Waals surface area contributed by atoms with Crippen molar-refractivity contribution in [1.29, 1.82) is 0 Å². The van der Waals surface area contributed by atoms with Gasteiger partial charge in [0.15, 0.2) is 0 Å². The van der Waals surface area contributed by atoms with Crippen LogP contribution in [0, 0.1) is 6.92 Å². The van der Waals surface area contributed by atoms with Crippen molar-refractivity contribution in [3.05, 3.63) is 114 Å². The minimum Gasteiger partial charge on any atom is -0.487 e. The van der Waals surface area contributed by atoms with Gasteiger partial charge < -0.3 is 9.30 Å². The van der Waals surface area contributed by atoms with Crippen molar-refractivity contribution >= 4 is 11.0 Å². The van der Waals surface area contributed by atoms with E-state index in [0.29, 0.717) is 19.0 Å². The Morgan fingerprint density at radius 1 is 0.825 bits per heavy atom. The van der Waals surface area contributed by atoms with E-state index < -0.39 is 0 Å². The molecule has 0 radical (unpaired) electrons. The monoisotopic (exact) mass is 528 g/mol. The molecule has 0 bridgehead atoms. The Bertz CT molecular complexity index is 1710. The maximum absolute atomic E-state index is 6.40. The molecule has 2 heterocycles. The minimum absolute atomic E-state index is 0.517. The van der Waals surface area contributed by atoms with Gasteiger partial charge in [-0.1, -0.05) is 98.3 Å². The molecule has 6 aromatic rings. The Labute approximate surface area is 233 Å². The van der Waals surface area contributed by atoms with Crippen LogP contribution in [0.2, 0.25) is 0 Å². The first-order chi connectivity index (χ1) is 19.7. The van der Waals surface area contributed by atoms with Crippen molar-refractivity contribution in [1.82, 2.24) is 30.2 Å². The summed E-state index contributed by atoms with van der Waals surface area (Å²) in [6, 6.07) is 31.3. The van der Waals surface area contributed by atoms with Gasteiger partial charge in [-0.15, -0.1) is 10.2 Å². The fourth-order valence-corrected chi connectivity index (χ4v) is 5.11. The molecule has 7 nitrogen and oxygen atoms in total. The maximum Gasteiger partial charge on any atom is 0.205 e. The van der Waals surface area contributed by atoms with Crippen molar-refractivity contribution in [2.75, 3.05) is 0 Å². The van der Waals surface area contributed by atoms with E-state index in [9.17, 15) is 0 Å². The van der Waals surface area contributed by atoms with E-state index in [1.807, 2.05) is 36.4 Å². The largest absolute Gasteiger partial charge is 0.487 e. The molecule has 0 spiro atoms. The molecule has 0 saturated heterocycles. The quantitative estimate of drug-likeness (QED) is 0.204. The number of benzene rings is 4. The van der Waals surface area contributed by atoms with E-state index in [0.717, 1.165) is 69.7 Å². The van der Waals surface area contributed by atoms with Crippen LogP contribution in [0.25, 0.3) is 33.5 Å². The molecule has 0 aliphatic carbocycles. The molecule has 6 rings (SSSR count). The Morgan fingerprint density at radius 2 is 1.60 bits per heavy atom. The zero-order chi connectivity index (χ0) is 27.3. The van der Waals surface area contributed by atoms with Crippen molar-refractivity contribution in [2.24, 2.45) is 0 Å². The molecule has 0 amide bonds. The highest BCUT2D eigenvalue weighted by Gasteiger charge is 2.18. The van der Waals surface area contributed by atoms with Gasteiger partial charge in [-0.3, -0.25) is 0 Å². The number of hydrogen-bond acceptors (Lipinski definition) is 5. The van der Waals surface area contributed by atoms with Crippen LogP contribution in [0.1, 0.15) is 42.3 Å². The average molecular weight is 529 g/mol. The van der Waals surface area contributed by atoms with E-state index in [1.54, 1.807) is 0 Å². The molecular formula is C33H32N6O. The molecule has 2 aromatic heterocycles. The standard InChI is InChI=1S/C33H32N6O/c1-3-4-14-30-34-31-23(2)15-20-29(40-22-25-10-6-5-7-11-25)32(31)39(30)21-24-16-18-26(19-17-24)27-12-8-9-13-28(27)33-35-37-38-36-33/h5-13,15-20H,3-4,14,21-22H2,1-2H3,(H,35,36,37,38). The van der Waals surface area contributed by atoms with Crippen molar-refractivity contribution in [3.8, 4) is 28.3 Å². The summed E-state index contributed by atoms with van der Waals surface area (Å²) in [6.45, 7) is 5.58. The average Bonchev–Trinajstić information content (AvgIpc) is 3.66. The van der Waals surface area contributed by atoms with Crippen LogP contribution in [-0.4, -0.2) is 30.2 Å². The number of nitrogens with zero attached hydrogens (tertiary/aromatic N) is 5. The second-order valence-corrected chi connectivity index (χ2v) is 10.0. The maximum atomic E-state index is 6.40. The third-order valence-corrected chi connectivity index (χ3v) is 7.25. The predicted molar refractivity (Wildman–Crippen MR) is 158 cm³/mol. The highest BCUT2D eigenvalue weighted by atomic mass is 16.5. The van der Waals surface area contributed by atoms with E-state index in [1.165, 1.54) is 5.56 Å². The van der Waals surface area contributed by atoms with Gasteiger partial charge in [-0.05, 0) is 52.4 Å². The SMILES string of the molecule is CCCCc1nc2c(C)ccc(OCc3ccccc3)c2n1Cc1ccc(-c2ccccc2-c2nn[nH]n2)cc1. The molecule has 0 unspecified atom stereocenters. The summed E-state index contributed by atoms with van der Waals surface area (Å²) in [7, 11) is 0. The lowest BCUT2D eigenvalue weighted by Crippen LogP contribution is -2.07. The first-order valence-electron chi connectivity index (χ1n) is 13.8. The van der Waals surface area contributed by atoms with Gasteiger partial charge in [-0.25, -0.2) is 4.98 Å². The van der Waals surface area contributed by atoms with Crippen LogP contribution >= 0.6 is 0 Å². The number of aromatic nitrogens is 6. The number of tetrazole rings is 1. The smallest absolute Gasteiger partial charge is 0.205 e. The molecule has 0 aliphatic rings. The number of ether oxygens (including phenoxy) is 1. The third-order valence-electron chi connectivity index (χ3n) is 7.25. The highest BCUT2D eigenvalue weighted by Crippen LogP contribution is 2.33. The number of nitrogens with one attached hydrogen (secondary N) is 1. The van der Waals surface area contributed by atoms with Gasteiger partial charge >= 0.3 is 0 Å². The second-order valence-electron chi connectivity index (χ2n) is 10.0. The normalized spacial score (nSPS) is 11.2. The van der Waals surface area contributed by atoms with E-state index >= 15 is 0 Å². The minimum atomic E-state index is 0.517. The van der Waals surface area contributed by atoms with E-state index in [-0.39, 0.29) is 0 Å². The van der Waals surface area contributed by atoms with E-state index in [2.05, 4.69) is 93.6 Å². The number of fused-ring (bicyclic) bond motifs is 1. The second kappa shape index (κ2) is 11.5. The van der Waals surface area contributed by atoms with Crippen LogP contribution in [0.5, 0.6) is 5.75 Å². The fraction of sp³-hybridized carbons (Fsp3) is 0.212. The molecule has 0 aliphatic heterocycles. The molecule has 7 heteroatoms. The van der Waals surface area contributed by atoms with Gasteiger partial charge in [-0.2, -0.15) is 5.21 Å². The summed E-state index contributed by atoms with van der Waals surface area (Å²) in [6.07, 6.45) is 3.14. The zero-order valence-electron chi connectivity index (χ0n) is 22.8. The number of hydrogen-bond donors (Lipinski definition) is 1. The van der Waals surface area contributed by atoms with Crippen molar-refractivity contribution < 1.29 is 4.74 Å². The van der Waals surface area contributed by atoms with Crippen LogP contribution in [0.4, 0.5) is 0 Å². The van der Waals surface area contributed by atoms with Crippen LogP contribution in [-0.2, 0) is 19.6 Å². The number of aryl methyl sites for hydroxylation is 2. The lowest BCUT2D eigenvalue weighted by Gasteiger charge is -2.14. The van der Waals surface area contributed by atoms with Crippen LogP contribution in [0.3, 0.4) is 0 Å². The van der Waals surface area contributed by atoms with Gasteiger partial charge in [0.05, 0.1) is 5.52 Å². The summed E-state index contributed by atoms with van der Waals surface area (Å²) in [5, 5.41) is 14.7. The molecule has 1 N–H and O–H groups in total. The zero-order valence-corrected chi connectivity index (χ0v) is 22.8. The summed E-state index contributed by atoms with van der Waals surface area (Å²) in [4.78, 5) is 5.13. The number of rotatable bonds is 10. The summed E-state index contributed by atoms with van der Waals surface area (Å²) >= 11 is 0. The Balaban J connectivity index is 1.35. The molecule has 4 aromatic carbocycles. The first-order valence-corrected chi connectivity index (χ1v) is 13.8. The van der Waals surface area contributed by atoms with Gasteiger partial charge in [0, 0.05) is 18.5 Å². The molecule has 200 valence electrons. The lowest BCUT2D eigenvalue weighted by molar-refractivity contribution is 0.308. The first kappa shape index (κ1) is 25.5. The van der Waals surface area contributed by atoms with Gasteiger partial charge in [0.1, 0.15) is 23.7 Å². The van der Waals surface area contributed by atoms with Gasteiger partial charge in [0.25, 0.3) is 0 Å². The third kappa shape index (κ3) is 5.23. The van der Waals surface area contributed by atoms with E-state index in [4.69, 9.17) is 9.72 Å². The Kier molecular flexibility index (Phi) is 7.35. The molecule has 0 fully saturated rings. The molecule has 40 heavy (non-hydrogen) atoms. The molecule has 0 atom stereocenters. The predicted octanol–water partition coefficient (Wildman–Crippen LogP) is 7.16. The number of imidazole rings is 1. The number of H-pyrrole nitrogens is 1. The molecular weight excluding hydrogens is 496 g/mol. The summed E-state index contributed by atoms with van der Waals surface area (Å²) in [5.41, 5.74) is 8.71. The Morgan fingerprint density at radius 3 is 2.35 bits per heavy atom. The number of unbranched alkanes of at least 4 members (excludes halogenated alkanes) is 1. The lowest BCUT2D eigenvalue weighted by atomic mass is 9.98. The van der Waals surface area contributed by atoms with Crippen molar-refractivity contribution in [2.45, 2.75) is 46.3 Å². The molecule has 0 saturated carbocycles. The Hall–Kier alpha value is -4.78. The highest BCUT2D eigenvalue weighted by molar-refractivity contribution is 5.86. The fourth-order valence-electron chi connectivity index (χ4n) is 5.11. The summed E-state index contributed by atoms with van der Waals surface area (Å²) < 4.78 is 8.75. The van der Waals surface area contributed by atoms with Crippen LogP contribution < -0.4 is 4.74 Å².